The van der Waals surface area contributed by atoms with Crippen molar-refractivity contribution in [3.8, 4) is 0 Å². The second kappa shape index (κ2) is 5.76. The fourth-order valence-electron chi connectivity index (χ4n) is 2.36. The van der Waals surface area contributed by atoms with Gasteiger partial charge in [-0.2, -0.15) is 0 Å². The van der Waals surface area contributed by atoms with Crippen LogP contribution in [0, 0.1) is 0 Å². The topological polar surface area (TPSA) is 105 Å². The lowest BCUT2D eigenvalue weighted by atomic mass is 10.1. The molecule has 0 bridgehead atoms. The minimum Gasteiger partial charge on any atom is -0.478 e. The number of aromatic carboxylic acids is 1. The lowest BCUT2D eigenvalue weighted by Crippen LogP contribution is -2.16. The number of hydrogen-bond donors (Lipinski definition) is 3. The summed E-state index contributed by atoms with van der Waals surface area (Å²) in [5.41, 5.74) is 7.52. The first-order valence-electron chi connectivity index (χ1n) is 6.85. The normalized spacial score (nSPS) is 10.4. The molecule has 0 radical (unpaired) electrons. The molecule has 6 nitrogen and oxygen atoms in total. The average Bonchev–Trinajstić information content (AvgIpc) is 2.57. The number of anilines is 2. The molecule has 0 spiro atoms. The number of carbonyl (C=O) groups excluding carboxylic acids is 1. The molecule has 0 unspecified atom stereocenters. The summed E-state index contributed by atoms with van der Waals surface area (Å²) < 4.78 is 0. The molecule has 3 rings (SSSR count). The van der Waals surface area contributed by atoms with E-state index in [4.69, 9.17) is 5.73 Å². The number of benzene rings is 2. The zero-order valence-corrected chi connectivity index (χ0v) is 12.0. The smallest absolute Gasteiger partial charge is 0.336 e. The zero-order valence-electron chi connectivity index (χ0n) is 12.0. The van der Waals surface area contributed by atoms with Crippen LogP contribution in [0.1, 0.15) is 23.6 Å². The third-order valence-corrected chi connectivity index (χ3v) is 3.45. The van der Waals surface area contributed by atoms with Crippen LogP contribution in [0.5, 0.6) is 0 Å². The maximum atomic E-state index is 12.4. The van der Waals surface area contributed by atoms with Crippen LogP contribution in [0.25, 0.3) is 10.9 Å². The van der Waals surface area contributed by atoms with Gasteiger partial charge < -0.3 is 16.2 Å². The van der Waals surface area contributed by atoms with Gasteiger partial charge in [0.15, 0.2) is 0 Å². The van der Waals surface area contributed by atoms with Gasteiger partial charge in [0, 0.05) is 14.4 Å². The number of carbonyl (C=O) groups is 2. The van der Waals surface area contributed by atoms with Crippen LogP contribution in [0.15, 0.2) is 54.7 Å². The molecule has 3 aromatic rings. The maximum absolute atomic E-state index is 12.4. The Hall–Kier alpha value is -3.41. The van der Waals surface area contributed by atoms with Crippen molar-refractivity contribution in [2.75, 3.05) is 11.1 Å². The van der Waals surface area contributed by atoms with Gasteiger partial charge in [-0.05, 0) is 36.4 Å². The lowest BCUT2D eigenvalue weighted by molar-refractivity contribution is 0.0692. The van der Waals surface area contributed by atoms with Crippen LogP contribution in [-0.2, 0) is 0 Å². The largest absolute Gasteiger partial charge is 0.478 e. The number of carboxylic acid groups (broad SMARTS) is 1. The zero-order chi connectivity index (χ0) is 16.4. The number of carboxylic acids is 1. The van der Waals surface area contributed by atoms with Gasteiger partial charge in [0.25, 0.3) is 5.91 Å². The Morgan fingerprint density at radius 2 is 1.78 bits per heavy atom. The summed E-state index contributed by atoms with van der Waals surface area (Å²) in [4.78, 5) is 27.9. The predicted molar refractivity (Wildman–Crippen MR) is 91.7 cm³/mol. The Morgan fingerprint density at radius 1 is 1.04 bits per heavy atom. The summed E-state index contributed by atoms with van der Waals surface area (Å²) in [6.07, 6.45) is 1.62. The SMILES string of the molecule is Nc1ccc(NC(=O)c2ccccc2C(=O)O)c2cccnc12.[HH].[HH]. The van der Waals surface area contributed by atoms with Gasteiger partial charge in [-0.1, -0.05) is 12.1 Å². The Bertz CT molecular complexity index is 932. The fraction of sp³-hybridized carbons (Fsp3) is 0. The monoisotopic (exact) mass is 311 g/mol. The van der Waals surface area contributed by atoms with Crippen molar-refractivity contribution in [1.29, 1.82) is 0 Å². The number of nitrogens with two attached hydrogens (primary N) is 1. The van der Waals surface area contributed by atoms with Gasteiger partial charge in [0.2, 0.25) is 0 Å². The van der Waals surface area contributed by atoms with Gasteiger partial charge >= 0.3 is 5.97 Å². The molecule has 0 fully saturated rings. The van der Waals surface area contributed by atoms with Crippen molar-refractivity contribution < 1.29 is 17.5 Å². The molecule has 0 atom stereocenters. The number of nitrogen functional groups attached to an aromatic ring is 1. The van der Waals surface area contributed by atoms with Crippen LogP contribution >= 0.6 is 0 Å². The molecule has 0 aliphatic heterocycles. The standard InChI is InChI=1S/C17H13N3O3.2H2/c18-13-7-8-14(12-6-3-9-19-15(12)13)20-16(21)10-4-1-2-5-11(10)17(22)23;;/h1-9H,18H2,(H,20,21)(H,22,23);2*1H. The Labute approximate surface area is 134 Å². The van der Waals surface area contributed by atoms with E-state index >= 15 is 0 Å². The first-order valence-corrected chi connectivity index (χ1v) is 6.85. The van der Waals surface area contributed by atoms with Crippen molar-refractivity contribution in [3.05, 3.63) is 65.9 Å². The maximum Gasteiger partial charge on any atom is 0.336 e. The number of fused-ring (bicyclic) bond motifs is 1. The number of nitrogens with one attached hydrogen (secondary N) is 1. The second-order valence-corrected chi connectivity index (χ2v) is 4.91. The van der Waals surface area contributed by atoms with E-state index in [-0.39, 0.29) is 14.0 Å². The molecule has 118 valence electrons. The van der Waals surface area contributed by atoms with Crippen molar-refractivity contribution in [3.63, 3.8) is 0 Å². The van der Waals surface area contributed by atoms with E-state index < -0.39 is 11.9 Å². The van der Waals surface area contributed by atoms with E-state index in [0.29, 0.717) is 22.3 Å². The van der Waals surface area contributed by atoms with E-state index in [1.807, 2.05) is 0 Å². The van der Waals surface area contributed by atoms with Gasteiger partial charge in [-0.3, -0.25) is 9.78 Å². The molecular formula is C17H17N3O3. The lowest BCUT2D eigenvalue weighted by Gasteiger charge is -2.11. The Morgan fingerprint density at radius 3 is 2.52 bits per heavy atom. The quantitative estimate of drug-likeness (QED) is 0.644. The summed E-state index contributed by atoms with van der Waals surface area (Å²) >= 11 is 0. The third kappa shape index (κ3) is 2.69. The molecule has 2 aromatic carbocycles. The number of amides is 1. The van der Waals surface area contributed by atoms with E-state index in [0.717, 1.165) is 0 Å². The Balaban J connectivity index is 0.00000156. The highest BCUT2D eigenvalue weighted by Gasteiger charge is 2.17. The first-order chi connectivity index (χ1) is 11.1. The van der Waals surface area contributed by atoms with Crippen LogP contribution in [0.3, 0.4) is 0 Å². The average molecular weight is 311 g/mol. The molecule has 0 saturated heterocycles. The minimum absolute atomic E-state index is 0. The molecule has 0 aliphatic rings. The predicted octanol–water partition coefficient (Wildman–Crippen LogP) is 3.26. The minimum atomic E-state index is -1.15. The molecule has 1 aromatic heterocycles. The van der Waals surface area contributed by atoms with Crippen LogP contribution in [0.2, 0.25) is 0 Å². The Kier molecular flexibility index (Phi) is 3.64. The summed E-state index contributed by atoms with van der Waals surface area (Å²) in [5, 5.41) is 12.6. The molecule has 4 N–H and O–H groups in total. The highest BCUT2D eigenvalue weighted by Crippen LogP contribution is 2.27. The second-order valence-electron chi connectivity index (χ2n) is 4.91. The van der Waals surface area contributed by atoms with Crippen molar-refractivity contribution in [1.82, 2.24) is 4.98 Å². The van der Waals surface area contributed by atoms with Gasteiger partial charge in [0.1, 0.15) is 0 Å². The number of aromatic nitrogens is 1. The van der Waals surface area contributed by atoms with Crippen LogP contribution in [0.4, 0.5) is 11.4 Å². The van der Waals surface area contributed by atoms with E-state index in [2.05, 4.69) is 10.3 Å². The number of pyridine rings is 1. The number of hydrogen-bond acceptors (Lipinski definition) is 4. The molecule has 1 amide bonds. The summed E-state index contributed by atoms with van der Waals surface area (Å²) in [5.74, 6) is -1.66. The van der Waals surface area contributed by atoms with Crippen LogP contribution < -0.4 is 11.1 Å². The van der Waals surface area contributed by atoms with E-state index in [9.17, 15) is 14.7 Å². The van der Waals surface area contributed by atoms with Gasteiger partial charge in [0.05, 0.1) is 28.0 Å². The summed E-state index contributed by atoms with van der Waals surface area (Å²) in [6.45, 7) is 0. The summed E-state index contributed by atoms with van der Waals surface area (Å²) in [7, 11) is 0. The molecular weight excluding hydrogens is 294 g/mol. The van der Waals surface area contributed by atoms with Gasteiger partial charge in [-0.25, -0.2) is 4.79 Å². The van der Waals surface area contributed by atoms with Crippen molar-refractivity contribution >= 4 is 34.2 Å². The molecule has 1 heterocycles. The molecule has 6 heteroatoms. The van der Waals surface area contributed by atoms with E-state index in [1.165, 1.54) is 12.1 Å². The van der Waals surface area contributed by atoms with E-state index in [1.54, 1.807) is 42.6 Å². The fourth-order valence-corrected chi connectivity index (χ4v) is 2.36. The molecule has 23 heavy (non-hydrogen) atoms. The van der Waals surface area contributed by atoms with Gasteiger partial charge in [-0.15, -0.1) is 0 Å². The van der Waals surface area contributed by atoms with Crippen LogP contribution in [-0.4, -0.2) is 22.0 Å². The number of nitrogens with zero attached hydrogens (tertiary/aromatic N) is 1. The molecule has 0 saturated carbocycles. The highest BCUT2D eigenvalue weighted by atomic mass is 16.4. The first kappa shape index (κ1) is 14.5. The van der Waals surface area contributed by atoms with Crippen molar-refractivity contribution in [2.24, 2.45) is 0 Å². The third-order valence-electron chi connectivity index (χ3n) is 3.45. The molecule has 0 aliphatic carbocycles. The highest BCUT2D eigenvalue weighted by molar-refractivity contribution is 6.13. The van der Waals surface area contributed by atoms with Crippen molar-refractivity contribution in [2.45, 2.75) is 0 Å². The summed E-state index contributed by atoms with van der Waals surface area (Å²) in [6, 6.07) is 12.9. The number of rotatable bonds is 3.